The van der Waals surface area contributed by atoms with Gasteiger partial charge < -0.3 is 5.32 Å². The summed E-state index contributed by atoms with van der Waals surface area (Å²) >= 11 is 10.8. The lowest BCUT2D eigenvalue weighted by atomic mass is 10.1. The van der Waals surface area contributed by atoms with Gasteiger partial charge in [0.25, 0.3) is 11.7 Å². The zero-order valence-electron chi connectivity index (χ0n) is 9.94. The molecule has 1 amide bonds. The van der Waals surface area contributed by atoms with Crippen molar-refractivity contribution in [2.24, 2.45) is 0 Å². The quantitative estimate of drug-likeness (QED) is 0.800. The third-order valence-corrected chi connectivity index (χ3v) is 5.05. The highest BCUT2D eigenvalue weighted by Crippen LogP contribution is 2.38. The van der Waals surface area contributed by atoms with Crippen molar-refractivity contribution in [2.75, 3.05) is 5.32 Å². The topological polar surface area (TPSA) is 46.2 Å². The molecule has 0 saturated carbocycles. The van der Waals surface area contributed by atoms with Crippen LogP contribution < -0.4 is 5.32 Å². The van der Waals surface area contributed by atoms with Gasteiger partial charge in [-0.25, -0.2) is 0 Å². The van der Waals surface area contributed by atoms with Gasteiger partial charge in [0, 0.05) is 19.3 Å². The van der Waals surface area contributed by atoms with E-state index in [1.54, 1.807) is 12.1 Å². The molecular weight excluding hydrogens is 362 g/mol. The molecule has 0 fully saturated rings. The van der Waals surface area contributed by atoms with Crippen LogP contribution in [0.25, 0.3) is 0 Å². The molecule has 1 heterocycles. The number of benzene rings is 2. The van der Waals surface area contributed by atoms with Crippen LogP contribution in [0.5, 0.6) is 0 Å². The van der Waals surface area contributed by atoms with E-state index in [0.29, 0.717) is 16.3 Å². The van der Waals surface area contributed by atoms with E-state index in [1.165, 1.54) is 11.8 Å². The third-order valence-electron chi connectivity index (χ3n) is 2.81. The number of ketones is 1. The van der Waals surface area contributed by atoms with Crippen molar-refractivity contribution in [2.45, 2.75) is 9.79 Å². The van der Waals surface area contributed by atoms with Gasteiger partial charge in [0.1, 0.15) is 0 Å². The first-order valence-corrected chi connectivity index (χ1v) is 7.66. The fourth-order valence-corrected chi connectivity index (χ4v) is 3.43. The standard InChI is InChI=1S/C14H7BrClNO2S/c15-10-5-9-11(17-14(19)13(9)18)6-12(10)20-8-3-1-7(16)2-4-8/h1-6H,(H,17,18,19). The van der Waals surface area contributed by atoms with Crippen LogP contribution in [0.2, 0.25) is 5.02 Å². The first kappa shape index (κ1) is 13.7. The number of nitrogens with one attached hydrogen (secondary N) is 1. The molecule has 0 aromatic heterocycles. The largest absolute Gasteiger partial charge is 0.318 e. The second-order valence-corrected chi connectivity index (χ2v) is 6.57. The number of anilines is 1. The van der Waals surface area contributed by atoms with Crippen molar-refractivity contribution in [3.63, 3.8) is 0 Å². The minimum absolute atomic E-state index is 0.405. The zero-order chi connectivity index (χ0) is 14.3. The van der Waals surface area contributed by atoms with Crippen molar-refractivity contribution in [1.29, 1.82) is 0 Å². The molecule has 0 bridgehead atoms. The summed E-state index contributed by atoms with van der Waals surface area (Å²) in [6.45, 7) is 0. The van der Waals surface area contributed by atoms with E-state index in [2.05, 4.69) is 21.2 Å². The number of carbonyl (C=O) groups excluding carboxylic acids is 2. The van der Waals surface area contributed by atoms with E-state index < -0.39 is 11.7 Å². The molecule has 1 N–H and O–H groups in total. The Bertz CT molecular complexity index is 731. The second-order valence-electron chi connectivity index (χ2n) is 4.17. The van der Waals surface area contributed by atoms with Crippen LogP contribution in [0.1, 0.15) is 10.4 Å². The van der Waals surface area contributed by atoms with Gasteiger partial charge in [0.15, 0.2) is 0 Å². The molecule has 0 atom stereocenters. The summed E-state index contributed by atoms with van der Waals surface area (Å²) in [6.07, 6.45) is 0. The van der Waals surface area contributed by atoms with Gasteiger partial charge >= 0.3 is 0 Å². The molecule has 1 aliphatic heterocycles. The maximum absolute atomic E-state index is 11.6. The maximum atomic E-state index is 11.6. The smallest absolute Gasteiger partial charge is 0.296 e. The molecule has 2 aromatic carbocycles. The van der Waals surface area contributed by atoms with Gasteiger partial charge in [-0.05, 0) is 52.3 Å². The minimum Gasteiger partial charge on any atom is -0.318 e. The lowest BCUT2D eigenvalue weighted by Gasteiger charge is -2.07. The van der Waals surface area contributed by atoms with Gasteiger partial charge in [-0.2, -0.15) is 0 Å². The summed E-state index contributed by atoms with van der Waals surface area (Å²) in [4.78, 5) is 24.9. The molecule has 6 heteroatoms. The Hall–Kier alpha value is -1.30. The molecular formula is C14H7BrClNO2S. The molecule has 0 spiro atoms. The molecule has 1 aliphatic rings. The maximum Gasteiger partial charge on any atom is 0.296 e. The minimum atomic E-state index is -0.583. The summed E-state index contributed by atoms with van der Waals surface area (Å²) < 4.78 is 0.779. The van der Waals surface area contributed by atoms with Gasteiger partial charge in [0.05, 0.1) is 11.3 Å². The van der Waals surface area contributed by atoms with Gasteiger partial charge in [0.2, 0.25) is 0 Å². The highest BCUT2D eigenvalue weighted by molar-refractivity contribution is 9.10. The van der Waals surface area contributed by atoms with Crippen LogP contribution in [-0.2, 0) is 4.79 Å². The highest BCUT2D eigenvalue weighted by atomic mass is 79.9. The molecule has 0 unspecified atom stereocenters. The van der Waals surface area contributed by atoms with E-state index in [0.717, 1.165) is 14.3 Å². The Morgan fingerprint density at radius 3 is 2.50 bits per heavy atom. The Morgan fingerprint density at radius 1 is 1.10 bits per heavy atom. The predicted molar refractivity (Wildman–Crippen MR) is 82.7 cm³/mol. The molecule has 0 saturated heterocycles. The molecule has 3 nitrogen and oxygen atoms in total. The number of rotatable bonds is 2. The van der Waals surface area contributed by atoms with Crippen molar-refractivity contribution in [1.82, 2.24) is 0 Å². The van der Waals surface area contributed by atoms with Gasteiger partial charge in [-0.1, -0.05) is 23.4 Å². The number of hydrogen-bond acceptors (Lipinski definition) is 3. The van der Waals surface area contributed by atoms with Crippen LogP contribution in [0.4, 0.5) is 5.69 Å². The number of hydrogen-bond donors (Lipinski definition) is 1. The number of amides is 1. The van der Waals surface area contributed by atoms with Crippen LogP contribution in [0.3, 0.4) is 0 Å². The number of carbonyl (C=O) groups is 2. The van der Waals surface area contributed by atoms with Crippen LogP contribution in [0.15, 0.2) is 50.7 Å². The summed E-state index contributed by atoms with van der Waals surface area (Å²) in [5.74, 6) is -1.08. The second kappa shape index (κ2) is 5.24. The van der Waals surface area contributed by atoms with Crippen LogP contribution in [-0.4, -0.2) is 11.7 Å². The molecule has 100 valence electrons. The van der Waals surface area contributed by atoms with Crippen LogP contribution >= 0.6 is 39.3 Å². The van der Waals surface area contributed by atoms with E-state index >= 15 is 0 Å². The summed E-state index contributed by atoms with van der Waals surface area (Å²) in [5.41, 5.74) is 0.960. The van der Waals surface area contributed by atoms with E-state index in [1.807, 2.05) is 24.3 Å². The molecule has 3 rings (SSSR count). The zero-order valence-corrected chi connectivity index (χ0v) is 13.1. The molecule has 0 radical (unpaired) electrons. The fourth-order valence-electron chi connectivity index (χ4n) is 1.85. The summed E-state index contributed by atoms with van der Waals surface area (Å²) in [6, 6.07) is 10.9. The lowest BCUT2D eigenvalue weighted by molar-refractivity contribution is -0.112. The third kappa shape index (κ3) is 2.49. The van der Waals surface area contributed by atoms with Gasteiger partial charge in [-0.15, -0.1) is 0 Å². The van der Waals surface area contributed by atoms with Crippen molar-refractivity contribution in [3.8, 4) is 0 Å². The first-order valence-electron chi connectivity index (χ1n) is 5.67. The van der Waals surface area contributed by atoms with Crippen molar-refractivity contribution in [3.05, 3.63) is 51.5 Å². The lowest BCUT2D eigenvalue weighted by Crippen LogP contribution is -2.12. The summed E-state index contributed by atoms with van der Waals surface area (Å²) in [7, 11) is 0. The predicted octanol–water partition coefficient (Wildman–Crippen LogP) is 4.39. The van der Waals surface area contributed by atoms with Crippen molar-refractivity contribution < 1.29 is 9.59 Å². The normalized spacial score (nSPS) is 13.3. The Labute approximate surface area is 132 Å². The average molecular weight is 369 g/mol. The van der Waals surface area contributed by atoms with Crippen molar-refractivity contribution >= 4 is 56.7 Å². The number of fused-ring (bicyclic) bond motifs is 1. The highest BCUT2D eigenvalue weighted by Gasteiger charge is 2.29. The fraction of sp³-hybridized carbons (Fsp3) is 0. The van der Waals surface area contributed by atoms with Crippen LogP contribution in [0, 0.1) is 0 Å². The molecule has 0 aliphatic carbocycles. The molecule has 2 aromatic rings. The number of halogens is 2. The Morgan fingerprint density at radius 2 is 1.80 bits per heavy atom. The summed E-state index contributed by atoms with van der Waals surface area (Å²) in [5, 5.41) is 3.25. The Kier molecular flexibility index (Phi) is 3.58. The average Bonchev–Trinajstić information content (AvgIpc) is 2.69. The van der Waals surface area contributed by atoms with Gasteiger partial charge in [-0.3, -0.25) is 9.59 Å². The van der Waals surface area contributed by atoms with E-state index in [-0.39, 0.29) is 0 Å². The monoisotopic (exact) mass is 367 g/mol. The first-order chi connectivity index (χ1) is 9.54. The SMILES string of the molecule is O=C1Nc2cc(Sc3ccc(Cl)cc3)c(Br)cc2C1=O. The van der Waals surface area contributed by atoms with E-state index in [9.17, 15) is 9.59 Å². The Balaban J connectivity index is 1.96. The molecule has 20 heavy (non-hydrogen) atoms. The van der Waals surface area contributed by atoms with E-state index in [4.69, 9.17) is 11.6 Å². The number of Topliss-reactive ketones (excluding diaryl/α,β-unsaturated/α-hetero) is 1.